The number of hydrogen-bond acceptors (Lipinski definition) is 4. The van der Waals surface area contributed by atoms with Crippen molar-refractivity contribution in [3.8, 4) is 0 Å². The Balaban J connectivity index is 2.89. The number of amides is 1. The van der Waals surface area contributed by atoms with E-state index < -0.39 is 10.0 Å². The molecule has 1 heterocycles. The minimum absolute atomic E-state index is 0.161. The van der Waals surface area contributed by atoms with Gasteiger partial charge in [0.05, 0.1) is 9.77 Å². The van der Waals surface area contributed by atoms with Gasteiger partial charge in [0.15, 0.2) is 0 Å². The molecule has 1 rings (SSSR count). The smallest absolute Gasteiger partial charge is 0.261 e. The van der Waals surface area contributed by atoms with Crippen LogP contribution in [-0.4, -0.2) is 39.3 Å². The van der Waals surface area contributed by atoms with Crippen molar-refractivity contribution in [1.29, 1.82) is 0 Å². The molecule has 1 aromatic heterocycles. The molecule has 0 unspecified atom stereocenters. The Morgan fingerprint density at radius 1 is 1.47 bits per heavy atom. The first kappa shape index (κ1) is 14.1. The maximum Gasteiger partial charge on any atom is 0.261 e. The lowest BCUT2D eigenvalue weighted by molar-refractivity contribution is 0.0957. The first-order valence-electron chi connectivity index (χ1n) is 5.19. The number of carbonyl (C=O) groups is 1. The molecular weight excluding hydrogens is 260 g/mol. The van der Waals surface area contributed by atoms with Crippen molar-refractivity contribution in [2.24, 2.45) is 0 Å². The van der Waals surface area contributed by atoms with Gasteiger partial charge in [-0.1, -0.05) is 6.92 Å². The highest BCUT2D eigenvalue weighted by atomic mass is 32.2. The predicted octanol–water partition coefficient (Wildman–Crippen LogP) is 1.14. The molecule has 0 spiro atoms. The summed E-state index contributed by atoms with van der Waals surface area (Å²) in [5, 5.41) is 4.19. The van der Waals surface area contributed by atoms with Crippen LogP contribution in [0.5, 0.6) is 0 Å². The van der Waals surface area contributed by atoms with Gasteiger partial charge in [0, 0.05) is 26.0 Å². The molecule has 0 saturated carbocycles. The van der Waals surface area contributed by atoms with Gasteiger partial charge in [0.2, 0.25) is 10.0 Å². The lowest BCUT2D eigenvalue weighted by Gasteiger charge is -2.08. The van der Waals surface area contributed by atoms with Crippen LogP contribution in [0.4, 0.5) is 0 Å². The van der Waals surface area contributed by atoms with E-state index in [-0.39, 0.29) is 10.8 Å². The van der Waals surface area contributed by atoms with Gasteiger partial charge < -0.3 is 5.32 Å². The second kappa shape index (κ2) is 5.61. The number of rotatable bonds is 5. The molecule has 1 aromatic rings. The molecule has 0 fully saturated rings. The van der Waals surface area contributed by atoms with E-state index in [1.807, 2.05) is 6.92 Å². The second-order valence-electron chi connectivity index (χ2n) is 3.69. The summed E-state index contributed by atoms with van der Waals surface area (Å²) in [7, 11) is -0.522. The summed E-state index contributed by atoms with van der Waals surface area (Å²) in [6.07, 6.45) is 0.847. The van der Waals surface area contributed by atoms with E-state index >= 15 is 0 Å². The summed E-state index contributed by atoms with van der Waals surface area (Å²) in [5.74, 6) is -0.225. The fourth-order valence-corrected chi connectivity index (χ4v) is 3.19. The third-order valence-corrected chi connectivity index (χ3v) is 4.98. The third kappa shape index (κ3) is 3.27. The van der Waals surface area contributed by atoms with Crippen LogP contribution in [0, 0.1) is 0 Å². The van der Waals surface area contributed by atoms with Crippen molar-refractivity contribution in [2.45, 2.75) is 18.2 Å². The number of nitrogens with zero attached hydrogens (tertiary/aromatic N) is 1. The van der Waals surface area contributed by atoms with Crippen LogP contribution in [0.25, 0.3) is 0 Å². The molecule has 1 amide bonds. The van der Waals surface area contributed by atoms with Gasteiger partial charge in [0.25, 0.3) is 5.91 Å². The van der Waals surface area contributed by atoms with E-state index in [0.29, 0.717) is 11.4 Å². The van der Waals surface area contributed by atoms with Gasteiger partial charge in [-0.25, -0.2) is 12.7 Å². The standard InChI is InChI=1S/C10H16N2O3S2/c1-4-5-11-10(13)9-6-8(7-16-9)17(14,15)12(2)3/h6-7H,4-5H2,1-3H3,(H,11,13). The summed E-state index contributed by atoms with van der Waals surface area (Å²) in [6.45, 7) is 2.54. The first-order chi connectivity index (χ1) is 7.89. The van der Waals surface area contributed by atoms with Gasteiger partial charge in [-0.3, -0.25) is 4.79 Å². The summed E-state index contributed by atoms with van der Waals surface area (Å²) >= 11 is 1.13. The number of carbonyl (C=O) groups excluding carboxylic acids is 1. The van der Waals surface area contributed by atoms with Gasteiger partial charge >= 0.3 is 0 Å². The average Bonchev–Trinajstić information content (AvgIpc) is 2.75. The minimum Gasteiger partial charge on any atom is -0.351 e. The highest BCUT2D eigenvalue weighted by Crippen LogP contribution is 2.21. The molecule has 0 aromatic carbocycles. The average molecular weight is 276 g/mol. The van der Waals surface area contributed by atoms with E-state index in [9.17, 15) is 13.2 Å². The Labute approximate surface area is 105 Å². The summed E-state index contributed by atoms with van der Waals surface area (Å²) in [4.78, 5) is 12.2. The second-order valence-corrected chi connectivity index (χ2v) is 6.75. The first-order valence-corrected chi connectivity index (χ1v) is 7.50. The van der Waals surface area contributed by atoms with Gasteiger partial charge in [-0.15, -0.1) is 11.3 Å². The van der Waals surface area contributed by atoms with Crippen LogP contribution in [0.2, 0.25) is 0 Å². The molecular formula is C10H16N2O3S2. The minimum atomic E-state index is -3.45. The highest BCUT2D eigenvalue weighted by Gasteiger charge is 2.20. The molecule has 96 valence electrons. The lowest BCUT2D eigenvalue weighted by Crippen LogP contribution is -2.23. The Morgan fingerprint density at radius 3 is 2.65 bits per heavy atom. The van der Waals surface area contributed by atoms with Crippen molar-refractivity contribution in [2.75, 3.05) is 20.6 Å². The van der Waals surface area contributed by atoms with Crippen LogP contribution < -0.4 is 5.32 Å². The van der Waals surface area contributed by atoms with E-state index in [2.05, 4.69) is 5.32 Å². The molecule has 5 nitrogen and oxygen atoms in total. The molecule has 7 heteroatoms. The van der Waals surface area contributed by atoms with E-state index in [4.69, 9.17) is 0 Å². The van der Waals surface area contributed by atoms with E-state index in [1.54, 1.807) is 0 Å². The van der Waals surface area contributed by atoms with Crippen LogP contribution in [0.15, 0.2) is 16.3 Å². The summed E-state index contributed by atoms with van der Waals surface area (Å²) in [5.41, 5.74) is 0. The number of nitrogens with one attached hydrogen (secondary N) is 1. The molecule has 1 N–H and O–H groups in total. The van der Waals surface area contributed by atoms with Crippen LogP contribution in [-0.2, 0) is 10.0 Å². The van der Waals surface area contributed by atoms with E-state index in [1.165, 1.54) is 25.5 Å². The molecule has 0 saturated heterocycles. The molecule has 0 atom stereocenters. The maximum atomic E-state index is 11.8. The zero-order chi connectivity index (χ0) is 13.1. The maximum absolute atomic E-state index is 11.8. The van der Waals surface area contributed by atoms with Crippen molar-refractivity contribution < 1.29 is 13.2 Å². The molecule has 17 heavy (non-hydrogen) atoms. The Hall–Kier alpha value is -0.920. The largest absolute Gasteiger partial charge is 0.351 e. The van der Waals surface area contributed by atoms with Gasteiger partial charge in [0.1, 0.15) is 0 Å². The van der Waals surface area contributed by atoms with E-state index in [0.717, 1.165) is 22.1 Å². The molecule has 0 radical (unpaired) electrons. The Bertz CT molecular complexity index is 491. The van der Waals surface area contributed by atoms with Gasteiger partial charge in [-0.2, -0.15) is 0 Å². The van der Waals surface area contributed by atoms with Crippen molar-refractivity contribution in [3.05, 3.63) is 16.3 Å². The molecule has 0 bridgehead atoms. The predicted molar refractivity (Wildman–Crippen MR) is 67.8 cm³/mol. The fourth-order valence-electron chi connectivity index (χ4n) is 1.11. The zero-order valence-electron chi connectivity index (χ0n) is 10.1. The number of sulfonamides is 1. The molecule has 0 aliphatic heterocycles. The number of hydrogen-bond donors (Lipinski definition) is 1. The van der Waals surface area contributed by atoms with Crippen molar-refractivity contribution in [1.82, 2.24) is 9.62 Å². The topological polar surface area (TPSA) is 66.5 Å². The van der Waals surface area contributed by atoms with Crippen LogP contribution in [0.1, 0.15) is 23.0 Å². The van der Waals surface area contributed by atoms with Crippen LogP contribution >= 0.6 is 11.3 Å². The Morgan fingerprint density at radius 2 is 2.12 bits per heavy atom. The number of thiophene rings is 1. The zero-order valence-corrected chi connectivity index (χ0v) is 11.7. The SMILES string of the molecule is CCCNC(=O)c1cc(S(=O)(=O)N(C)C)cs1. The third-order valence-electron chi connectivity index (χ3n) is 2.11. The normalized spacial score (nSPS) is 11.8. The summed E-state index contributed by atoms with van der Waals surface area (Å²) < 4.78 is 24.7. The lowest BCUT2D eigenvalue weighted by atomic mass is 10.4. The summed E-state index contributed by atoms with van der Waals surface area (Å²) in [6, 6.07) is 1.41. The molecule has 0 aliphatic carbocycles. The van der Waals surface area contributed by atoms with Crippen molar-refractivity contribution in [3.63, 3.8) is 0 Å². The quantitative estimate of drug-likeness (QED) is 0.877. The highest BCUT2D eigenvalue weighted by molar-refractivity contribution is 7.89. The monoisotopic (exact) mass is 276 g/mol. The fraction of sp³-hybridized carbons (Fsp3) is 0.500. The van der Waals surface area contributed by atoms with Gasteiger partial charge in [-0.05, 0) is 12.5 Å². The molecule has 0 aliphatic rings. The van der Waals surface area contributed by atoms with Crippen molar-refractivity contribution >= 4 is 27.3 Å². The Kier molecular flexibility index (Phi) is 4.67. The van der Waals surface area contributed by atoms with Crippen LogP contribution in [0.3, 0.4) is 0 Å².